The fourth-order valence-electron chi connectivity index (χ4n) is 1.86. The molecule has 4 heteroatoms. The van der Waals surface area contributed by atoms with Crippen molar-refractivity contribution in [3.63, 3.8) is 0 Å². The van der Waals surface area contributed by atoms with Crippen molar-refractivity contribution in [2.45, 2.75) is 11.8 Å². The zero-order chi connectivity index (χ0) is 12.4. The molecule has 0 spiro atoms. The normalized spacial score (nSPS) is 10.9. The van der Waals surface area contributed by atoms with Crippen molar-refractivity contribution < 1.29 is 0 Å². The Bertz CT molecular complexity index is 658. The monoisotopic (exact) mass is 255 g/mol. The lowest BCUT2D eigenvalue weighted by Crippen LogP contribution is -1.92. The Balaban J connectivity index is 1.97. The molecule has 0 aliphatic rings. The second-order valence-electron chi connectivity index (χ2n) is 3.91. The number of aromatic nitrogens is 3. The molecule has 3 nitrogen and oxygen atoms in total. The molecule has 0 radical (unpaired) electrons. The molecule has 1 aromatic carbocycles. The maximum absolute atomic E-state index is 4.53. The summed E-state index contributed by atoms with van der Waals surface area (Å²) in [6.07, 6.45) is 3.62. The molecule has 0 saturated heterocycles. The minimum atomic E-state index is 0.872. The topological polar surface area (TPSA) is 30.2 Å². The fourth-order valence-corrected chi connectivity index (χ4v) is 2.52. The van der Waals surface area contributed by atoms with Gasteiger partial charge >= 0.3 is 0 Å². The van der Waals surface area contributed by atoms with Crippen molar-refractivity contribution in [2.75, 3.05) is 5.75 Å². The third-order valence-corrected chi connectivity index (χ3v) is 3.61. The van der Waals surface area contributed by atoms with Crippen LogP contribution < -0.4 is 0 Å². The van der Waals surface area contributed by atoms with Gasteiger partial charge in [0.25, 0.3) is 0 Å². The molecule has 3 aromatic rings. The minimum absolute atomic E-state index is 0.872. The highest BCUT2D eigenvalue weighted by Gasteiger charge is 2.02. The molecule has 0 bridgehead atoms. The van der Waals surface area contributed by atoms with Crippen LogP contribution >= 0.6 is 11.8 Å². The van der Waals surface area contributed by atoms with Crippen LogP contribution in [0.5, 0.6) is 0 Å². The summed E-state index contributed by atoms with van der Waals surface area (Å²) < 4.78 is 1.80. The van der Waals surface area contributed by atoms with E-state index in [2.05, 4.69) is 41.3 Å². The van der Waals surface area contributed by atoms with E-state index in [0.29, 0.717) is 0 Å². The Morgan fingerprint density at radius 1 is 1.11 bits per heavy atom. The number of rotatable bonds is 3. The van der Waals surface area contributed by atoms with Gasteiger partial charge in [-0.3, -0.25) is 0 Å². The summed E-state index contributed by atoms with van der Waals surface area (Å²) in [5, 5.41) is 4.53. The molecule has 0 amide bonds. The zero-order valence-electron chi connectivity index (χ0n) is 10.1. The molecule has 0 fully saturated rings. The minimum Gasteiger partial charge on any atom is -0.236 e. The van der Waals surface area contributed by atoms with Crippen molar-refractivity contribution in [3.05, 3.63) is 48.8 Å². The molecule has 0 unspecified atom stereocenters. The average molecular weight is 255 g/mol. The van der Waals surface area contributed by atoms with E-state index in [1.54, 1.807) is 10.7 Å². The van der Waals surface area contributed by atoms with E-state index in [1.165, 1.54) is 4.90 Å². The van der Waals surface area contributed by atoms with Gasteiger partial charge in [0.15, 0.2) is 5.65 Å². The Kier molecular flexibility index (Phi) is 3.02. The lowest BCUT2D eigenvalue weighted by Gasteiger charge is -2.03. The molecular weight excluding hydrogens is 242 g/mol. The van der Waals surface area contributed by atoms with Crippen LogP contribution in [0.4, 0.5) is 0 Å². The van der Waals surface area contributed by atoms with E-state index >= 15 is 0 Å². The van der Waals surface area contributed by atoms with Crippen LogP contribution in [0.3, 0.4) is 0 Å². The third-order valence-electron chi connectivity index (χ3n) is 2.72. The predicted molar refractivity (Wildman–Crippen MR) is 74.8 cm³/mol. The van der Waals surface area contributed by atoms with Crippen molar-refractivity contribution >= 4 is 17.4 Å². The van der Waals surface area contributed by atoms with E-state index in [0.717, 1.165) is 22.7 Å². The number of hydrogen-bond donors (Lipinski definition) is 0. The number of thioether (sulfide) groups is 1. The molecule has 0 aliphatic heterocycles. The number of benzene rings is 1. The summed E-state index contributed by atoms with van der Waals surface area (Å²) in [6, 6.07) is 12.5. The quantitative estimate of drug-likeness (QED) is 0.671. The highest BCUT2D eigenvalue weighted by atomic mass is 32.2. The van der Waals surface area contributed by atoms with Crippen LogP contribution in [0.25, 0.3) is 16.9 Å². The van der Waals surface area contributed by atoms with Crippen molar-refractivity contribution in [3.8, 4) is 11.3 Å². The lowest BCUT2D eigenvalue weighted by molar-refractivity contribution is 0.942. The van der Waals surface area contributed by atoms with E-state index in [1.807, 2.05) is 30.1 Å². The first-order valence-corrected chi connectivity index (χ1v) is 6.89. The van der Waals surface area contributed by atoms with Gasteiger partial charge in [0.1, 0.15) is 0 Å². The van der Waals surface area contributed by atoms with Crippen molar-refractivity contribution in [1.29, 1.82) is 0 Å². The highest BCUT2D eigenvalue weighted by molar-refractivity contribution is 7.99. The predicted octanol–water partition coefficient (Wildman–Crippen LogP) is 3.51. The highest BCUT2D eigenvalue weighted by Crippen LogP contribution is 2.22. The van der Waals surface area contributed by atoms with Crippen LogP contribution in [0.1, 0.15) is 6.92 Å². The van der Waals surface area contributed by atoms with Crippen LogP contribution in [-0.4, -0.2) is 20.4 Å². The summed E-state index contributed by atoms with van der Waals surface area (Å²) in [5.41, 5.74) is 2.97. The second kappa shape index (κ2) is 4.82. The Labute approximate surface area is 110 Å². The lowest BCUT2D eigenvalue weighted by atomic mass is 10.1. The average Bonchev–Trinajstić information content (AvgIpc) is 2.87. The Hall–Kier alpha value is -1.81. The summed E-state index contributed by atoms with van der Waals surface area (Å²) in [7, 11) is 0. The van der Waals surface area contributed by atoms with Crippen molar-refractivity contribution in [1.82, 2.24) is 14.6 Å². The molecule has 0 aliphatic carbocycles. The first-order valence-electron chi connectivity index (χ1n) is 5.90. The molecule has 18 heavy (non-hydrogen) atoms. The zero-order valence-corrected chi connectivity index (χ0v) is 10.9. The molecule has 3 rings (SSSR count). The molecule has 2 heterocycles. The van der Waals surface area contributed by atoms with Crippen LogP contribution in [0.2, 0.25) is 0 Å². The molecule has 0 atom stereocenters. The van der Waals surface area contributed by atoms with Gasteiger partial charge < -0.3 is 0 Å². The van der Waals surface area contributed by atoms with Gasteiger partial charge in [-0.1, -0.05) is 19.1 Å². The summed E-state index contributed by atoms with van der Waals surface area (Å²) in [6.45, 7) is 2.16. The summed E-state index contributed by atoms with van der Waals surface area (Å²) >= 11 is 1.85. The van der Waals surface area contributed by atoms with E-state index in [4.69, 9.17) is 0 Å². The smallest absolute Gasteiger partial charge is 0.153 e. The maximum Gasteiger partial charge on any atom is 0.153 e. The third kappa shape index (κ3) is 2.11. The number of hydrogen-bond acceptors (Lipinski definition) is 3. The van der Waals surface area contributed by atoms with Gasteiger partial charge in [-0.05, 0) is 30.0 Å². The molecule has 2 aromatic heterocycles. The van der Waals surface area contributed by atoms with Gasteiger partial charge in [0.05, 0.1) is 5.69 Å². The van der Waals surface area contributed by atoms with Crippen LogP contribution in [0.15, 0.2) is 53.7 Å². The number of nitrogens with zero attached hydrogens (tertiary/aromatic N) is 3. The van der Waals surface area contributed by atoms with Crippen molar-refractivity contribution in [2.24, 2.45) is 0 Å². The first-order chi connectivity index (χ1) is 8.86. The first kappa shape index (κ1) is 11.3. The largest absolute Gasteiger partial charge is 0.236 e. The number of fused-ring (bicyclic) bond motifs is 1. The SMILES string of the molecule is CCSc1ccc(-c2ccc3nccn3n2)cc1. The van der Waals surface area contributed by atoms with Crippen LogP contribution in [0, 0.1) is 0 Å². The molecule has 90 valence electrons. The van der Waals surface area contributed by atoms with E-state index in [9.17, 15) is 0 Å². The molecular formula is C14H13N3S. The Morgan fingerprint density at radius 2 is 1.94 bits per heavy atom. The second-order valence-corrected chi connectivity index (χ2v) is 5.24. The van der Waals surface area contributed by atoms with Gasteiger partial charge in [0.2, 0.25) is 0 Å². The Morgan fingerprint density at radius 3 is 2.72 bits per heavy atom. The van der Waals surface area contributed by atoms with Gasteiger partial charge in [-0.25, -0.2) is 9.50 Å². The maximum atomic E-state index is 4.53. The van der Waals surface area contributed by atoms with Crippen LogP contribution in [-0.2, 0) is 0 Å². The summed E-state index contributed by atoms with van der Waals surface area (Å²) in [4.78, 5) is 5.49. The van der Waals surface area contributed by atoms with E-state index < -0.39 is 0 Å². The fraction of sp³-hybridized carbons (Fsp3) is 0.143. The van der Waals surface area contributed by atoms with E-state index in [-0.39, 0.29) is 0 Å². The standard InChI is InChI=1S/C14H13N3S/c1-2-18-12-5-3-11(4-6-12)13-7-8-14-15-9-10-17(14)16-13/h3-10H,2H2,1H3. The summed E-state index contributed by atoms with van der Waals surface area (Å²) in [5.74, 6) is 1.10. The van der Waals surface area contributed by atoms with Gasteiger partial charge in [-0.15, -0.1) is 11.8 Å². The van der Waals surface area contributed by atoms with Gasteiger partial charge in [0, 0.05) is 22.9 Å². The van der Waals surface area contributed by atoms with Gasteiger partial charge in [-0.2, -0.15) is 5.10 Å². The number of imidazole rings is 1. The molecule has 0 N–H and O–H groups in total. The molecule has 0 saturated carbocycles.